The van der Waals surface area contributed by atoms with Crippen LogP contribution >= 0.6 is 0 Å². The number of hydrogen-bond donors (Lipinski definition) is 1. The molecule has 0 aliphatic carbocycles. The Morgan fingerprint density at radius 1 is 0.826 bits per heavy atom. The molecule has 132 valence electrons. The van der Waals surface area contributed by atoms with Crippen molar-refractivity contribution in [2.75, 3.05) is 0 Å². The summed E-state index contributed by atoms with van der Waals surface area (Å²) in [5.74, 6) is -2.27. The molecule has 0 fully saturated rings. The largest absolute Gasteiger partial charge is 0.516 e. The van der Waals surface area contributed by atoms with Gasteiger partial charge >= 0.3 is 24.2 Å². The molecular formula is C14H23NO8. The molecule has 0 aromatic carbocycles. The van der Waals surface area contributed by atoms with E-state index < -0.39 is 47.9 Å². The minimum Gasteiger partial charge on any atom is -0.428 e. The van der Waals surface area contributed by atoms with E-state index in [-0.39, 0.29) is 0 Å². The van der Waals surface area contributed by atoms with Gasteiger partial charge in [-0.1, -0.05) is 0 Å². The fourth-order valence-corrected chi connectivity index (χ4v) is 1.10. The molecule has 0 amide bonds. The maximum atomic E-state index is 11.5. The van der Waals surface area contributed by atoms with E-state index in [9.17, 15) is 19.2 Å². The van der Waals surface area contributed by atoms with Gasteiger partial charge in [-0.2, -0.15) is 0 Å². The molecule has 0 bridgehead atoms. The average molecular weight is 333 g/mol. The predicted molar refractivity (Wildman–Crippen MR) is 77.2 cm³/mol. The Labute approximate surface area is 134 Å². The van der Waals surface area contributed by atoms with Crippen molar-refractivity contribution in [1.29, 1.82) is 0 Å². The highest BCUT2D eigenvalue weighted by Gasteiger charge is 2.27. The zero-order chi connectivity index (χ0) is 18.4. The van der Waals surface area contributed by atoms with Crippen LogP contribution in [0.4, 0.5) is 9.59 Å². The van der Waals surface area contributed by atoms with E-state index in [0.29, 0.717) is 0 Å². The molecule has 2 N–H and O–H groups in total. The number of esters is 2. The van der Waals surface area contributed by atoms with E-state index in [1.807, 2.05) is 0 Å². The van der Waals surface area contributed by atoms with Crippen LogP contribution in [0.5, 0.6) is 0 Å². The van der Waals surface area contributed by atoms with Gasteiger partial charge in [0.15, 0.2) is 0 Å². The molecule has 0 saturated carbocycles. The minimum atomic E-state index is -1.49. The topological polar surface area (TPSA) is 131 Å². The molecule has 0 aliphatic heterocycles. The van der Waals surface area contributed by atoms with Crippen LogP contribution in [-0.2, 0) is 28.5 Å². The van der Waals surface area contributed by atoms with Crippen LogP contribution in [0.25, 0.3) is 0 Å². The normalized spacial score (nSPS) is 12.8. The van der Waals surface area contributed by atoms with Crippen molar-refractivity contribution in [3.05, 3.63) is 0 Å². The molecular weight excluding hydrogens is 310 g/mol. The van der Waals surface area contributed by atoms with E-state index >= 15 is 0 Å². The Bertz CT molecular complexity index is 472. The molecule has 0 heterocycles. The molecule has 0 aliphatic rings. The van der Waals surface area contributed by atoms with Gasteiger partial charge in [-0.05, 0) is 41.5 Å². The number of nitrogens with two attached hydrogens (primary N) is 1. The van der Waals surface area contributed by atoms with Crippen molar-refractivity contribution >= 4 is 24.2 Å². The number of carbonyl (C=O) groups excluding carboxylic acids is 4. The number of ether oxygens (including phenoxy) is 4. The van der Waals surface area contributed by atoms with Crippen LogP contribution in [0.1, 0.15) is 48.0 Å². The Kier molecular flexibility index (Phi) is 7.17. The average Bonchev–Trinajstić information content (AvgIpc) is 2.21. The first-order valence-electron chi connectivity index (χ1n) is 6.83. The van der Waals surface area contributed by atoms with E-state index in [2.05, 4.69) is 9.47 Å². The third-order valence-corrected chi connectivity index (χ3v) is 1.85. The van der Waals surface area contributed by atoms with E-state index in [4.69, 9.17) is 15.2 Å². The van der Waals surface area contributed by atoms with Gasteiger partial charge in [0, 0.05) is 0 Å². The number of carbonyl (C=O) groups is 4. The molecule has 0 radical (unpaired) electrons. The molecule has 0 rings (SSSR count). The molecule has 0 unspecified atom stereocenters. The van der Waals surface area contributed by atoms with Crippen molar-refractivity contribution in [1.82, 2.24) is 0 Å². The monoisotopic (exact) mass is 333 g/mol. The first kappa shape index (κ1) is 20.8. The molecule has 0 aromatic rings. The van der Waals surface area contributed by atoms with Gasteiger partial charge < -0.3 is 24.7 Å². The fourth-order valence-electron chi connectivity index (χ4n) is 1.10. The SMILES string of the molecule is CC(C)(C)OC(=O)OC(=O)C[C@H](N)C(=O)OC(=O)OC(C)(C)C. The van der Waals surface area contributed by atoms with Gasteiger partial charge in [0.2, 0.25) is 0 Å². The second-order valence-electron chi connectivity index (χ2n) is 6.63. The third-order valence-electron chi connectivity index (χ3n) is 1.85. The van der Waals surface area contributed by atoms with E-state index in [1.54, 1.807) is 41.5 Å². The Hall–Kier alpha value is -2.16. The van der Waals surface area contributed by atoms with Crippen LogP contribution in [0.2, 0.25) is 0 Å². The summed E-state index contributed by atoms with van der Waals surface area (Å²) < 4.78 is 18.2. The van der Waals surface area contributed by atoms with Gasteiger partial charge in [-0.15, -0.1) is 0 Å². The van der Waals surface area contributed by atoms with Gasteiger partial charge in [-0.3, -0.25) is 4.79 Å². The molecule has 0 spiro atoms. The van der Waals surface area contributed by atoms with Gasteiger partial charge in [0.25, 0.3) is 0 Å². The molecule has 0 aromatic heterocycles. The minimum absolute atomic E-state index is 0.666. The lowest BCUT2D eigenvalue weighted by molar-refractivity contribution is -0.149. The molecule has 23 heavy (non-hydrogen) atoms. The Morgan fingerprint density at radius 3 is 1.61 bits per heavy atom. The molecule has 9 heteroatoms. The lowest BCUT2D eigenvalue weighted by atomic mass is 10.2. The smallest absolute Gasteiger partial charge is 0.428 e. The van der Waals surface area contributed by atoms with Gasteiger partial charge in [0.1, 0.15) is 17.2 Å². The number of hydrogen-bond acceptors (Lipinski definition) is 9. The summed E-state index contributed by atoms with van der Waals surface area (Å²) in [7, 11) is 0. The molecule has 9 nitrogen and oxygen atoms in total. The van der Waals surface area contributed by atoms with Crippen molar-refractivity contribution < 1.29 is 38.1 Å². The predicted octanol–water partition coefficient (Wildman–Crippen LogP) is 1.66. The van der Waals surface area contributed by atoms with Gasteiger partial charge in [0.05, 0.1) is 6.42 Å². The zero-order valence-corrected chi connectivity index (χ0v) is 14.1. The van der Waals surface area contributed by atoms with Crippen molar-refractivity contribution in [2.45, 2.75) is 65.2 Å². The second kappa shape index (κ2) is 7.91. The molecule has 0 saturated heterocycles. The summed E-state index contributed by atoms with van der Waals surface area (Å²) in [4.78, 5) is 45.5. The second-order valence-corrected chi connectivity index (χ2v) is 6.63. The lowest BCUT2D eigenvalue weighted by Gasteiger charge is -2.19. The summed E-state index contributed by atoms with van der Waals surface area (Å²) >= 11 is 0. The highest BCUT2D eigenvalue weighted by Crippen LogP contribution is 2.10. The van der Waals surface area contributed by atoms with Crippen LogP contribution < -0.4 is 5.73 Å². The summed E-state index contributed by atoms with van der Waals surface area (Å²) in [6.07, 6.45) is -3.12. The quantitative estimate of drug-likeness (QED) is 0.604. The van der Waals surface area contributed by atoms with Crippen LogP contribution in [-0.4, -0.2) is 41.5 Å². The van der Waals surface area contributed by atoms with E-state index in [1.165, 1.54) is 0 Å². The first-order chi connectivity index (χ1) is 10.2. The van der Waals surface area contributed by atoms with Crippen LogP contribution in [0.15, 0.2) is 0 Å². The Balaban J connectivity index is 4.34. The maximum Gasteiger partial charge on any atom is 0.516 e. The third kappa shape index (κ3) is 11.1. The standard InChI is InChI=1S/C14H23NO8/c1-13(2,3)22-11(18)20-9(16)7-8(15)10(17)21-12(19)23-14(4,5)6/h8H,7,15H2,1-6H3/t8-/m0/s1. The maximum absolute atomic E-state index is 11.5. The van der Waals surface area contributed by atoms with Crippen molar-refractivity contribution in [3.63, 3.8) is 0 Å². The molecule has 1 atom stereocenters. The Morgan fingerprint density at radius 2 is 1.22 bits per heavy atom. The number of rotatable bonds is 3. The fraction of sp³-hybridized carbons (Fsp3) is 0.714. The zero-order valence-electron chi connectivity index (χ0n) is 14.1. The van der Waals surface area contributed by atoms with Crippen molar-refractivity contribution in [3.8, 4) is 0 Å². The first-order valence-corrected chi connectivity index (χ1v) is 6.83. The van der Waals surface area contributed by atoms with Crippen LogP contribution in [0, 0.1) is 0 Å². The van der Waals surface area contributed by atoms with Crippen LogP contribution in [0.3, 0.4) is 0 Å². The van der Waals surface area contributed by atoms with Crippen molar-refractivity contribution in [2.24, 2.45) is 5.73 Å². The highest BCUT2D eigenvalue weighted by atomic mass is 16.8. The summed E-state index contributed by atoms with van der Waals surface area (Å²) in [6, 6.07) is -1.49. The summed E-state index contributed by atoms with van der Waals surface area (Å²) in [6.45, 7) is 9.50. The van der Waals surface area contributed by atoms with Gasteiger partial charge in [-0.25, -0.2) is 14.4 Å². The summed E-state index contributed by atoms with van der Waals surface area (Å²) in [5.41, 5.74) is 3.71. The highest BCUT2D eigenvalue weighted by molar-refractivity contribution is 5.90. The summed E-state index contributed by atoms with van der Waals surface area (Å²) in [5, 5.41) is 0. The van der Waals surface area contributed by atoms with E-state index in [0.717, 1.165) is 0 Å². The lowest BCUT2D eigenvalue weighted by Crippen LogP contribution is -2.38.